The molecule has 0 aliphatic carbocycles. The predicted molar refractivity (Wildman–Crippen MR) is 92.4 cm³/mol. The number of carbonyl (C=O) groups excluding carboxylic acids is 1. The fraction of sp³-hybridized carbons (Fsp3) is 0.235. The van der Waals surface area contributed by atoms with Crippen LogP contribution in [0.5, 0.6) is 5.75 Å². The fourth-order valence-electron chi connectivity index (χ4n) is 1.97. The number of ether oxygens (including phenoxy) is 1. The number of hydrogen-bond donors (Lipinski definition) is 1. The van der Waals surface area contributed by atoms with Crippen molar-refractivity contribution in [3.05, 3.63) is 64.4 Å². The summed E-state index contributed by atoms with van der Waals surface area (Å²) in [4.78, 5) is 11.8. The number of rotatable bonds is 7. The Labute approximate surface area is 144 Å². The van der Waals surface area contributed by atoms with Gasteiger partial charge < -0.3 is 10.1 Å². The van der Waals surface area contributed by atoms with Crippen molar-refractivity contribution in [3.63, 3.8) is 0 Å². The number of benzene rings is 2. The predicted octanol–water partition coefficient (Wildman–Crippen LogP) is 4.04. The smallest absolute Gasteiger partial charge is 0.230 e. The summed E-state index contributed by atoms with van der Waals surface area (Å²) in [7, 11) is 1.60. The van der Waals surface area contributed by atoms with Gasteiger partial charge in [0.1, 0.15) is 11.6 Å². The summed E-state index contributed by atoms with van der Waals surface area (Å²) in [5.41, 5.74) is 1.82. The third-order valence-electron chi connectivity index (χ3n) is 3.14. The van der Waals surface area contributed by atoms with E-state index >= 15 is 0 Å². The molecular weight excluding hydrogens is 337 g/mol. The van der Waals surface area contributed by atoms with Crippen LogP contribution in [0.25, 0.3) is 0 Å². The first-order chi connectivity index (χ1) is 11.1. The van der Waals surface area contributed by atoms with Crippen LogP contribution in [-0.4, -0.2) is 18.8 Å². The van der Waals surface area contributed by atoms with Crippen LogP contribution in [0.1, 0.15) is 11.1 Å². The third-order valence-corrected chi connectivity index (χ3v) is 4.35. The van der Waals surface area contributed by atoms with Gasteiger partial charge in [0.05, 0.1) is 12.9 Å². The van der Waals surface area contributed by atoms with Crippen LogP contribution < -0.4 is 10.1 Å². The Kier molecular flexibility index (Phi) is 6.74. The Bertz CT molecular complexity index is 664. The van der Waals surface area contributed by atoms with Gasteiger partial charge in [-0.05, 0) is 35.9 Å². The summed E-state index contributed by atoms with van der Waals surface area (Å²) < 4.78 is 18.1. The quantitative estimate of drug-likeness (QED) is 0.816. The lowest BCUT2D eigenvalue weighted by molar-refractivity contribution is -0.118. The summed E-state index contributed by atoms with van der Waals surface area (Å²) in [6, 6.07) is 11.5. The molecule has 1 amide bonds. The second-order valence-electron chi connectivity index (χ2n) is 4.85. The summed E-state index contributed by atoms with van der Waals surface area (Å²) in [5.74, 6) is 1.37. The molecule has 0 saturated carbocycles. The zero-order chi connectivity index (χ0) is 16.7. The molecule has 2 aromatic rings. The van der Waals surface area contributed by atoms with E-state index in [-0.39, 0.29) is 11.7 Å². The number of amides is 1. The highest BCUT2D eigenvalue weighted by molar-refractivity contribution is 7.99. The Morgan fingerprint density at radius 1 is 1.26 bits per heavy atom. The van der Waals surface area contributed by atoms with Gasteiger partial charge in [0.15, 0.2) is 0 Å². The maximum atomic E-state index is 12.8. The molecule has 0 bridgehead atoms. The molecule has 122 valence electrons. The van der Waals surface area contributed by atoms with Crippen molar-refractivity contribution in [1.82, 2.24) is 5.32 Å². The van der Waals surface area contributed by atoms with Crippen LogP contribution in [-0.2, 0) is 17.1 Å². The van der Waals surface area contributed by atoms with Crippen LogP contribution >= 0.6 is 23.4 Å². The Hall–Kier alpha value is -1.72. The minimum atomic E-state index is -0.286. The van der Waals surface area contributed by atoms with Crippen molar-refractivity contribution >= 4 is 29.3 Å². The molecule has 3 nitrogen and oxygen atoms in total. The van der Waals surface area contributed by atoms with Crippen LogP contribution in [0.15, 0.2) is 42.5 Å². The largest absolute Gasteiger partial charge is 0.496 e. The van der Waals surface area contributed by atoms with Gasteiger partial charge in [-0.3, -0.25) is 4.79 Å². The molecule has 0 heterocycles. The maximum Gasteiger partial charge on any atom is 0.230 e. The van der Waals surface area contributed by atoms with E-state index in [0.29, 0.717) is 23.1 Å². The topological polar surface area (TPSA) is 38.3 Å². The molecule has 0 aliphatic heterocycles. The zero-order valence-electron chi connectivity index (χ0n) is 12.6. The van der Waals surface area contributed by atoms with E-state index in [1.807, 2.05) is 12.1 Å². The normalized spacial score (nSPS) is 10.4. The van der Waals surface area contributed by atoms with Gasteiger partial charge in [-0.25, -0.2) is 4.39 Å². The van der Waals surface area contributed by atoms with Gasteiger partial charge in [0.25, 0.3) is 0 Å². The van der Waals surface area contributed by atoms with E-state index < -0.39 is 0 Å². The van der Waals surface area contributed by atoms with E-state index in [0.717, 1.165) is 16.9 Å². The van der Waals surface area contributed by atoms with Crippen LogP contribution in [0, 0.1) is 5.82 Å². The van der Waals surface area contributed by atoms with Gasteiger partial charge >= 0.3 is 0 Å². The molecule has 0 saturated heterocycles. The average Bonchev–Trinajstić information content (AvgIpc) is 2.54. The number of methoxy groups -OCH3 is 1. The molecule has 0 unspecified atom stereocenters. The minimum Gasteiger partial charge on any atom is -0.496 e. The molecule has 0 aromatic heterocycles. The molecule has 2 rings (SSSR count). The minimum absolute atomic E-state index is 0.0691. The number of hydrogen-bond acceptors (Lipinski definition) is 3. The highest BCUT2D eigenvalue weighted by Gasteiger charge is 2.07. The van der Waals surface area contributed by atoms with Crippen molar-refractivity contribution in [2.45, 2.75) is 12.3 Å². The molecule has 0 atom stereocenters. The molecule has 1 N–H and O–H groups in total. The van der Waals surface area contributed by atoms with Crippen molar-refractivity contribution in [1.29, 1.82) is 0 Å². The van der Waals surface area contributed by atoms with Gasteiger partial charge in [0.2, 0.25) is 5.91 Å². The lowest BCUT2D eigenvalue weighted by Crippen LogP contribution is -2.24. The third kappa shape index (κ3) is 5.77. The van der Waals surface area contributed by atoms with E-state index in [4.69, 9.17) is 16.3 Å². The first-order valence-corrected chi connectivity index (χ1v) is 8.53. The summed E-state index contributed by atoms with van der Waals surface area (Å²) in [5, 5.41) is 3.45. The maximum absolute atomic E-state index is 12.8. The van der Waals surface area contributed by atoms with E-state index in [1.54, 1.807) is 25.3 Å². The second kappa shape index (κ2) is 8.79. The molecule has 0 fully saturated rings. The van der Waals surface area contributed by atoms with Gasteiger partial charge in [-0.2, -0.15) is 0 Å². The van der Waals surface area contributed by atoms with E-state index in [9.17, 15) is 9.18 Å². The fourth-order valence-corrected chi connectivity index (χ4v) is 3.00. The molecule has 0 radical (unpaired) electrons. The summed E-state index contributed by atoms with van der Waals surface area (Å²) >= 11 is 7.45. The molecular formula is C17H17ClFNO2S. The van der Waals surface area contributed by atoms with Crippen LogP contribution in [0.4, 0.5) is 4.39 Å². The number of halogens is 2. The standard InChI is InChI=1S/C17H17ClFNO2S/c1-22-16-7-4-14(18)8-13(16)10-23-11-17(21)20-9-12-2-5-15(19)6-3-12/h2-8H,9-11H2,1H3,(H,20,21). The summed E-state index contributed by atoms with van der Waals surface area (Å²) in [6.07, 6.45) is 0. The van der Waals surface area contributed by atoms with Crippen molar-refractivity contribution < 1.29 is 13.9 Å². The first kappa shape index (κ1) is 17.6. The molecule has 2 aromatic carbocycles. The molecule has 23 heavy (non-hydrogen) atoms. The highest BCUT2D eigenvalue weighted by Crippen LogP contribution is 2.26. The van der Waals surface area contributed by atoms with E-state index in [2.05, 4.69) is 5.32 Å². The number of nitrogens with one attached hydrogen (secondary N) is 1. The SMILES string of the molecule is COc1ccc(Cl)cc1CSCC(=O)NCc1ccc(F)cc1. The van der Waals surface area contributed by atoms with Crippen LogP contribution in [0.3, 0.4) is 0 Å². The molecule has 0 spiro atoms. The lowest BCUT2D eigenvalue weighted by Gasteiger charge is -2.09. The second-order valence-corrected chi connectivity index (χ2v) is 6.27. The highest BCUT2D eigenvalue weighted by atomic mass is 35.5. The molecule has 0 aliphatic rings. The number of thioether (sulfide) groups is 1. The summed E-state index contributed by atoms with van der Waals surface area (Å²) in [6.45, 7) is 0.389. The van der Waals surface area contributed by atoms with Crippen molar-refractivity contribution in [3.8, 4) is 5.75 Å². The monoisotopic (exact) mass is 353 g/mol. The van der Waals surface area contributed by atoms with Gasteiger partial charge in [-0.1, -0.05) is 23.7 Å². The Morgan fingerprint density at radius 3 is 2.70 bits per heavy atom. The Balaban J connectivity index is 1.76. The van der Waals surface area contributed by atoms with Crippen LogP contribution in [0.2, 0.25) is 5.02 Å². The average molecular weight is 354 g/mol. The van der Waals surface area contributed by atoms with Gasteiger partial charge in [-0.15, -0.1) is 11.8 Å². The first-order valence-electron chi connectivity index (χ1n) is 7.00. The van der Waals surface area contributed by atoms with E-state index in [1.165, 1.54) is 23.9 Å². The number of carbonyl (C=O) groups is 1. The van der Waals surface area contributed by atoms with Crippen molar-refractivity contribution in [2.24, 2.45) is 0 Å². The van der Waals surface area contributed by atoms with Gasteiger partial charge in [0, 0.05) is 22.9 Å². The molecule has 6 heteroatoms. The van der Waals surface area contributed by atoms with Crippen molar-refractivity contribution in [2.75, 3.05) is 12.9 Å². The lowest BCUT2D eigenvalue weighted by atomic mass is 10.2. The Morgan fingerprint density at radius 2 is 2.00 bits per heavy atom. The zero-order valence-corrected chi connectivity index (χ0v) is 14.2.